The monoisotopic (exact) mass is 413 g/mol. The van der Waals surface area contributed by atoms with Gasteiger partial charge in [-0.2, -0.15) is 0 Å². The largest absolute Gasteiger partial charge is 0.493 e. The molecule has 1 aliphatic heterocycles. The van der Waals surface area contributed by atoms with Gasteiger partial charge < -0.3 is 19.3 Å². The van der Waals surface area contributed by atoms with Crippen molar-refractivity contribution in [3.05, 3.63) is 42.2 Å². The molecule has 0 spiro atoms. The molecule has 1 aromatic carbocycles. The number of hydrogen-bond donors (Lipinski definition) is 0. The van der Waals surface area contributed by atoms with Crippen LogP contribution in [-0.2, 0) is 11.3 Å². The lowest BCUT2D eigenvalue weighted by Gasteiger charge is -2.35. The summed E-state index contributed by atoms with van der Waals surface area (Å²) in [5, 5.41) is 0. The number of ether oxygens (including phenoxy) is 2. The van der Waals surface area contributed by atoms with Gasteiger partial charge in [0.15, 0.2) is 11.5 Å². The van der Waals surface area contributed by atoms with Crippen molar-refractivity contribution in [1.29, 1.82) is 0 Å². The Morgan fingerprint density at radius 2 is 1.83 bits per heavy atom. The molecule has 0 atom stereocenters. The topological polar surface area (TPSA) is 71.0 Å². The molecule has 0 N–H and O–H groups in total. The normalized spacial score (nSPS) is 14.4. The van der Waals surface area contributed by atoms with Crippen molar-refractivity contribution >= 4 is 11.9 Å². The summed E-state index contributed by atoms with van der Waals surface area (Å²) >= 11 is 0. The fourth-order valence-electron chi connectivity index (χ4n) is 3.53. The number of anilines is 1. The van der Waals surface area contributed by atoms with Gasteiger partial charge in [-0.1, -0.05) is 6.07 Å². The summed E-state index contributed by atoms with van der Waals surface area (Å²) in [4.78, 5) is 27.8. The van der Waals surface area contributed by atoms with Crippen molar-refractivity contribution in [2.45, 2.75) is 20.4 Å². The van der Waals surface area contributed by atoms with Gasteiger partial charge in [-0.3, -0.25) is 9.69 Å². The molecule has 0 saturated carbocycles. The molecule has 162 valence electrons. The third-order valence-corrected chi connectivity index (χ3v) is 5.20. The predicted octanol–water partition coefficient (Wildman–Crippen LogP) is 2.05. The van der Waals surface area contributed by atoms with Crippen LogP contribution in [0.15, 0.2) is 36.7 Å². The average molecular weight is 414 g/mol. The number of carbonyl (C=O) groups is 1. The van der Waals surface area contributed by atoms with Gasteiger partial charge >= 0.3 is 0 Å². The second-order valence-corrected chi connectivity index (χ2v) is 7.14. The maximum atomic E-state index is 12.9. The second-order valence-electron chi connectivity index (χ2n) is 7.14. The van der Waals surface area contributed by atoms with Gasteiger partial charge in [0, 0.05) is 51.7 Å². The van der Waals surface area contributed by atoms with Gasteiger partial charge in [0.05, 0.1) is 20.3 Å². The molecule has 0 aliphatic carbocycles. The highest BCUT2D eigenvalue weighted by Gasteiger charge is 2.22. The molecule has 2 aromatic rings. The number of benzene rings is 1. The maximum Gasteiger partial charge on any atom is 0.237 e. The van der Waals surface area contributed by atoms with E-state index in [1.807, 2.05) is 43.0 Å². The Balaban J connectivity index is 1.54. The van der Waals surface area contributed by atoms with Gasteiger partial charge in [0.2, 0.25) is 11.9 Å². The molecular weight excluding hydrogens is 382 g/mol. The minimum Gasteiger partial charge on any atom is -0.493 e. The minimum atomic E-state index is 0.134. The van der Waals surface area contributed by atoms with E-state index in [0.717, 1.165) is 43.4 Å². The minimum absolute atomic E-state index is 0.134. The molecule has 1 aliphatic rings. The Morgan fingerprint density at radius 1 is 1.10 bits per heavy atom. The first-order chi connectivity index (χ1) is 14.6. The molecule has 0 radical (unpaired) electrons. The van der Waals surface area contributed by atoms with Crippen LogP contribution >= 0.6 is 0 Å². The summed E-state index contributed by atoms with van der Waals surface area (Å²) in [5.74, 6) is 2.30. The number of methoxy groups -OCH3 is 1. The van der Waals surface area contributed by atoms with Crippen molar-refractivity contribution in [3.8, 4) is 11.5 Å². The summed E-state index contributed by atoms with van der Waals surface area (Å²) in [6, 6.07) is 7.65. The van der Waals surface area contributed by atoms with Crippen LogP contribution in [0.3, 0.4) is 0 Å². The predicted molar refractivity (Wildman–Crippen MR) is 116 cm³/mol. The molecular formula is C22H31N5O3. The molecule has 0 unspecified atom stereocenters. The van der Waals surface area contributed by atoms with Crippen molar-refractivity contribution in [3.63, 3.8) is 0 Å². The molecule has 2 heterocycles. The summed E-state index contributed by atoms with van der Waals surface area (Å²) in [5.41, 5.74) is 1.02. The lowest BCUT2D eigenvalue weighted by Crippen LogP contribution is -2.50. The van der Waals surface area contributed by atoms with E-state index in [-0.39, 0.29) is 5.91 Å². The average Bonchev–Trinajstić information content (AvgIpc) is 2.79. The van der Waals surface area contributed by atoms with E-state index >= 15 is 0 Å². The van der Waals surface area contributed by atoms with E-state index in [0.29, 0.717) is 32.0 Å². The van der Waals surface area contributed by atoms with Gasteiger partial charge in [-0.25, -0.2) is 9.97 Å². The van der Waals surface area contributed by atoms with Crippen LogP contribution in [0.5, 0.6) is 11.5 Å². The van der Waals surface area contributed by atoms with Gasteiger partial charge in [0.1, 0.15) is 0 Å². The molecule has 8 nitrogen and oxygen atoms in total. The lowest BCUT2D eigenvalue weighted by molar-refractivity contribution is -0.132. The highest BCUT2D eigenvalue weighted by atomic mass is 16.5. The fourth-order valence-corrected chi connectivity index (χ4v) is 3.53. The number of aromatic nitrogens is 2. The van der Waals surface area contributed by atoms with Crippen LogP contribution < -0.4 is 14.4 Å². The van der Waals surface area contributed by atoms with E-state index in [1.54, 1.807) is 19.5 Å². The fraction of sp³-hybridized carbons (Fsp3) is 0.500. The van der Waals surface area contributed by atoms with E-state index < -0.39 is 0 Å². The highest BCUT2D eigenvalue weighted by molar-refractivity contribution is 5.78. The Labute approximate surface area is 178 Å². The molecule has 1 amide bonds. The van der Waals surface area contributed by atoms with Crippen LogP contribution in [0.25, 0.3) is 0 Å². The van der Waals surface area contributed by atoms with Gasteiger partial charge in [-0.05, 0) is 37.6 Å². The van der Waals surface area contributed by atoms with Crippen LogP contribution in [0.1, 0.15) is 19.4 Å². The number of rotatable bonds is 9. The summed E-state index contributed by atoms with van der Waals surface area (Å²) in [6.07, 6.45) is 3.51. The van der Waals surface area contributed by atoms with Crippen LogP contribution in [0, 0.1) is 0 Å². The Hall–Kier alpha value is -2.87. The molecule has 3 rings (SSSR count). The standard InChI is InChI=1S/C22H31N5O3/c1-4-26(16-18-7-8-19(30-5-2)20(15-18)29-3)21(28)17-25-11-13-27(14-12-25)22-23-9-6-10-24-22/h6-10,15H,4-5,11-14,16-17H2,1-3H3. The molecule has 8 heteroatoms. The van der Waals surface area contributed by atoms with Crippen molar-refractivity contribution in [1.82, 2.24) is 19.8 Å². The van der Waals surface area contributed by atoms with Crippen molar-refractivity contribution in [2.75, 3.05) is 57.9 Å². The third-order valence-electron chi connectivity index (χ3n) is 5.20. The van der Waals surface area contributed by atoms with Crippen molar-refractivity contribution in [2.24, 2.45) is 0 Å². The van der Waals surface area contributed by atoms with Crippen LogP contribution in [0.2, 0.25) is 0 Å². The zero-order chi connectivity index (χ0) is 21.3. The summed E-state index contributed by atoms with van der Waals surface area (Å²) in [6.45, 7) is 9.44. The molecule has 30 heavy (non-hydrogen) atoms. The number of amides is 1. The van der Waals surface area contributed by atoms with E-state index in [2.05, 4.69) is 19.8 Å². The number of hydrogen-bond acceptors (Lipinski definition) is 7. The molecule has 1 saturated heterocycles. The number of carbonyl (C=O) groups excluding carboxylic acids is 1. The van der Waals surface area contributed by atoms with Crippen molar-refractivity contribution < 1.29 is 14.3 Å². The highest BCUT2D eigenvalue weighted by Crippen LogP contribution is 2.28. The zero-order valence-electron chi connectivity index (χ0n) is 18.1. The first kappa shape index (κ1) is 21.8. The molecule has 0 bridgehead atoms. The Kier molecular flexibility index (Phi) is 7.84. The van der Waals surface area contributed by atoms with Gasteiger partial charge in [-0.15, -0.1) is 0 Å². The number of nitrogens with zero attached hydrogens (tertiary/aromatic N) is 5. The van der Waals surface area contributed by atoms with E-state index in [4.69, 9.17) is 9.47 Å². The maximum absolute atomic E-state index is 12.9. The first-order valence-electron chi connectivity index (χ1n) is 10.5. The summed E-state index contributed by atoms with van der Waals surface area (Å²) in [7, 11) is 1.63. The Morgan fingerprint density at radius 3 is 2.47 bits per heavy atom. The Bertz CT molecular complexity index is 810. The van der Waals surface area contributed by atoms with Crippen LogP contribution in [-0.4, -0.2) is 78.7 Å². The smallest absolute Gasteiger partial charge is 0.237 e. The zero-order valence-corrected chi connectivity index (χ0v) is 18.1. The number of piperazine rings is 1. The molecule has 1 aromatic heterocycles. The quantitative estimate of drug-likeness (QED) is 0.623. The molecule has 1 fully saturated rings. The third kappa shape index (κ3) is 5.60. The SMILES string of the molecule is CCOc1ccc(CN(CC)C(=O)CN2CCN(c3ncccn3)CC2)cc1OC. The second kappa shape index (κ2) is 10.8. The van der Waals surface area contributed by atoms with Crippen LogP contribution in [0.4, 0.5) is 5.95 Å². The number of likely N-dealkylation sites (N-methyl/N-ethyl adjacent to an activating group) is 1. The first-order valence-corrected chi connectivity index (χ1v) is 10.5. The van der Waals surface area contributed by atoms with E-state index in [1.165, 1.54) is 0 Å². The lowest BCUT2D eigenvalue weighted by atomic mass is 10.2. The summed E-state index contributed by atoms with van der Waals surface area (Å²) < 4.78 is 11.0. The van der Waals surface area contributed by atoms with E-state index in [9.17, 15) is 4.79 Å². The van der Waals surface area contributed by atoms with Gasteiger partial charge in [0.25, 0.3) is 0 Å².